The van der Waals surface area contributed by atoms with E-state index in [-0.39, 0.29) is 17.4 Å². The molecule has 0 fully saturated rings. The van der Waals surface area contributed by atoms with Crippen molar-refractivity contribution in [1.29, 1.82) is 0 Å². The lowest BCUT2D eigenvalue weighted by Gasteiger charge is -2.07. The molecule has 0 aliphatic rings. The summed E-state index contributed by atoms with van der Waals surface area (Å²) in [6.45, 7) is 1.86. The minimum atomic E-state index is -0.276. The van der Waals surface area contributed by atoms with Crippen molar-refractivity contribution in [3.8, 4) is 11.4 Å². The Labute approximate surface area is 154 Å². The van der Waals surface area contributed by atoms with Crippen molar-refractivity contribution in [1.82, 2.24) is 20.2 Å². The lowest BCUT2D eigenvalue weighted by atomic mass is 10.2. The van der Waals surface area contributed by atoms with Gasteiger partial charge in [-0.3, -0.25) is 9.36 Å². The Kier molecular flexibility index (Phi) is 5.65. The number of carbonyl (C=O) groups excluding carboxylic acids is 1. The van der Waals surface area contributed by atoms with E-state index in [4.69, 9.17) is 0 Å². The zero-order chi connectivity index (χ0) is 18.4. The van der Waals surface area contributed by atoms with E-state index in [1.165, 1.54) is 18.0 Å². The number of benzene rings is 2. The fourth-order valence-electron chi connectivity index (χ4n) is 2.24. The first kappa shape index (κ1) is 17.7. The van der Waals surface area contributed by atoms with Crippen LogP contribution < -0.4 is 5.43 Å². The number of thioether (sulfide) groups is 1. The number of phenolic OH excluding ortho intramolecular Hbond substituents is 1. The number of hydrogen-bond donors (Lipinski definition) is 2. The van der Waals surface area contributed by atoms with E-state index in [1.807, 2.05) is 41.8 Å². The molecule has 0 unspecified atom stereocenters. The van der Waals surface area contributed by atoms with E-state index in [9.17, 15) is 9.90 Å². The lowest BCUT2D eigenvalue weighted by Crippen LogP contribution is -2.20. The van der Waals surface area contributed by atoms with E-state index in [1.54, 1.807) is 24.3 Å². The molecule has 3 rings (SSSR count). The number of rotatable bonds is 6. The second kappa shape index (κ2) is 8.30. The number of nitrogens with one attached hydrogen (secondary N) is 1. The largest absolute Gasteiger partial charge is 0.507 e. The number of aromatic hydroxyl groups is 1. The van der Waals surface area contributed by atoms with Gasteiger partial charge in [0, 0.05) is 11.3 Å². The summed E-state index contributed by atoms with van der Waals surface area (Å²) in [5.74, 6) is 0.716. The van der Waals surface area contributed by atoms with Crippen molar-refractivity contribution in [2.45, 2.75) is 12.1 Å². The number of hydrogen-bond acceptors (Lipinski definition) is 6. The van der Waals surface area contributed by atoms with Crippen molar-refractivity contribution >= 4 is 23.9 Å². The third-order valence-corrected chi connectivity index (χ3v) is 4.40. The van der Waals surface area contributed by atoms with E-state index < -0.39 is 0 Å². The van der Waals surface area contributed by atoms with Crippen molar-refractivity contribution in [2.24, 2.45) is 5.10 Å². The third-order valence-electron chi connectivity index (χ3n) is 3.47. The molecule has 0 bridgehead atoms. The summed E-state index contributed by atoms with van der Waals surface area (Å²) in [6, 6.07) is 16.5. The van der Waals surface area contributed by atoms with Crippen LogP contribution in [0.2, 0.25) is 0 Å². The van der Waals surface area contributed by atoms with Gasteiger partial charge in [0.25, 0.3) is 5.91 Å². The number of aryl methyl sites for hydroxylation is 1. The Morgan fingerprint density at radius 1 is 1.19 bits per heavy atom. The van der Waals surface area contributed by atoms with Gasteiger partial charge in [0.05, 0.1) is 12.0 Å². The maximum Gasteiger partial charge on any atom is 0.250 e. The fourth-order valence-corrected chi connectivity index (χ4v) is 3.03. The van der Waals surface area contributed by atoms with E-state index >= 15 is 0 Å². The van der Waals surface area contributed by atoms with Crippen LogP contribution in [0.4, 0.5) is 0 Å². The van der Waals surface area contributed by atoms with Crippen molar-refractivity contribution in [2.75, 3.05) is 5.75 Å². The molecule has 3 aromatic rings. The molecule has 0 saturated heterocycles. The standard InChI is InChI=1S/C18H17N5O2S/c1-13-20-22-18(23(13)15-8-3-2-4-9-15)26-12-17(25)21-19-11-14-7-5-6-10-16(14)24/h2-11,24H,12H2,1H3,(H,21,25). The highest BCUT2D eigenvalue weighted by Gasteiger charge is 2.12. The highest BCUT2D eigenvalue weighted by molar-refractivity contribution is 7.99. The van der Waals surface area contributed by atoms with Gasteiger partial charge >= 0.3 is 0 Å². The average molecular weight is 367 g/mol. The topological polar surface area (TPSA) is 92.4 Å². The Morgan fingerprint density at radius 3 is 2.69 bits per heavy atom. The zero-order valence-electron chi connectivity index (χ0n) is 14.0. The average Bonchev–Trinajstić information content (AvgIpc) is 3.03. The molecule has 8 heteroatoms. The molecule has 0 atom stereocenters. The molecule has 2 N–H and O–H groups in total. The first-order valence-corrected chi connectivity index (χ1v) is 8.84. The molecule has 0 radical (unpaired) electrons. The predicted molar refractivity (Wildman–Crippen MR) is 101 cm³/mol. The van der Waals surface area contributed by atoms with Gasteiger partial charge in [-0.15, -0.1) is 10.2 Å². The summed E-state index contributed by atoms with van der Waals surface area (Å²) in [4.78, 5) is 12.0. The lowest BCUT2D eigenvalue weighted by molar-refractivity contribution is -0.118. The van der Waals surface area contributed by atoms with E-state index in [0.717, 1.165) is 11.5 Å². The number of carbonyl (C=O) groups is 1. The maximum absolute atomic E-state index is 12.0. The first-order chi connectivity index (χ1) is 12.6. The molecule has 2 aromatic carbocycles. The molecule has 1 aromatic heterocycles. The van der Waals surface area contributed by atoms with Crippen LogP contribution >= 0.6 is 11.8 Å². The minimum absolute atomic E-state index is 0.103. The second-order valence-corrected chi connectivity index (χ2v) is 6.28. The molecule has 0 spiro atoms. The monoisotopic (exact) mass is 367 g/mol. The molecule has 0 aliphatic carbocycles. The summed E-state index contributed by atoms with van der Waals surface area (Å²) in [5, 5.41) is 22.3. The molecule has 0 saturated carbocycles. The van der Waals surface area contributed by atoms with Gasteiger partial charge < -0.3 is 5.11 Å². The van der Waals surface area contributed by atoms with Gasteiger partial charge in [0.2, 0.25) is 0 Å². The van der Waals surface area contributed by atoms with Crippen LogP contribution in [0.25, 0.3) is 5.69 Å². The molecular weight excluding hydrogens is 350 g/mol. The number of amides is 1. The Balaban J connectivity index is 1.60. The third kappa shape index (κ3) is 4.28. The number of hydrazone groups is 1. The molecule has 0 aliphatic heterocycles. The first-order valence-electron chi connectivity index (χ1n) is 7.85. The number of aromatic nitrogens is 3. The van der Waals surface area contributed by atoms with E-state index in [0.29, 0.717) is 10.7 Å². The molecular formula is C18H17N5O2S. The number of para-hydroxylation sites is 2. The molecule has 1 amide bonds. The van der Waals surface area contributed by atoms with Crippen LogP contribution in [0, 0.1) is 6.92 Å². The Morgan fingerprint density at radius 2 is 1.92 bits per heavy atom. The van der Waals surface area contributed by atoms with Crippen LogP contribution in [0.5, 0.6) is 5.75 Å². The maximum atomic E-state index is 12.0. The van der Waals surface area contributed by atoms with Gasteiger partial charge in [-0.1, -0.05) is 42.1 Å². The highest BCUT2D eigenvalue weighted by atomic mass is 32.2. The zero-order valence-corrected chi connectivity index (χ0v) is 14.8. The van der Waals surface area contributed by atoms with Gasteiger partial charge in [-0.25, -0.2) is 5.43 Å². The van der Waals surface area contributed by atoms with Crippen LogP contribution in [-0.2, 0) is 4.79 Å². The van der Waals surface area contributed by atoms with Gasteiger partial charge in [0.1, 0.15) is 11.6 Å². The van der Waals surface area contributed by atoms with Crippen molar-refractivity contribution < 1.29 is 9.90 Å². The summed E-state index contributed by atoms with van der Waals surface area (Å²) < 4.78 is 1.89. The highest BCUT2D eigenvalue weighted by Crippen LogP contribution is 2.21. The van der Waals surface area contributed by atoms with Crippen LogP contribution in [0.1, 0.15) is 11.4 Å². The molecule has 1 heterocycles. The van der Waals surface area contributed by atoms with Gasteiger partial charge in [0.15, 0.2) is 5.16 Å². The van der Waals surface area contributed by atoms with Crippen molar-refractivity contribution in [3.05, 3.63) is 66.0 Å². The normalized spacial score (nSPS) is 11.0. The second-order valence-electron chi connectivity index (χ2n) is 5.34. The SMILES string of the molecule is Cc1nnc(SCC(=O)NN=Cc2ccccc2O)n1-c1ccccc1. The summed E-state index contributed by atoms with van der Waals surface area (Å²) >= 11 is 1.27. The fraction of sp³-hybridized carbons (Fsp3) is 0.111. The Hall–Kier alpha value is -3.13. The summed E-state index contributed by atoms with van der Waals surface area (Å²) in [5.41, 5.74) is 3.90. The number of phenols is 1. The summed E-state index contributed by atoms with van der Waals surface area (Å²) in [6.07, 6.45) is 1.40. The van der Waals surface area contributed by atoms with Crippen LogP contribution in [0.15, 0.2) is 64.9 Å². The van der Waals surface area contributed by atoms with Crippen LogP contribution in [0.3, 0.4) is 0 Å². The molecule has 26 heavy (non-hydrogen) atoms. The predicted octanol–water partition coefficient (Wildman–Crippen LogP) is 2.52. The minimum Gasteiger partial charge on any atom is -0.507 e. The smallest absolute Gasteiger partial charge is 0.250 e. The molecule has 7 nitrogen and oxygen atoms in total. The van der Waals surface area contributed by atoms with E-state index in [2.05, 4.69) is 20.7 Å². The summed E-state index contributed by atoms with van der Waals surface area (Å²) in [7, 11) is 0. The molecule has 132 valence electrons. The van der Waals surface area contributed by atoms with Crippen LogP contribution in [-0.4, -0.2) is 37.7 Å². The van der Waals surface area contributed by atoms with Crippen molar-refractivity contribution in [3.63, 3.8) is 0 Å². The quantitative estimate of drug-likeness (QED) is 0.397. The number of nitrogens with zero attached hydrogens (tertiary/aromatic N) is 4. The Bertz CT molecular complexity index is 924. The van der Waals surface area contributed by atoms with Gasteiger partial charge in [-0.2, -0.15) is 5.10 Å². The van der Waals surface area contributed by atoms with Gasteiger partial charge in [-0.05, 0) is 31.2 Å².